The lowest BCUT2D eigenvalue weighted by Crippen LogP contribution is -1.87. The zero-order chi connectivity index (χ0) is 10.3. The van der Waals surface area contributed by atoms with Gasteiger partial charge >= 0.3 is 0 Å². The van der Waals surface area contributed by atoms with E-state index < -0.39 is 4.92 Å². The Kier molecular flexibility index (Phi) is 2.30. The van der Waals surface area contributed by atoms with Crippen LogP contribution in [0.5, 0.6) is 0 Å². The fourth-order valence-corrected chi connectivity index (χ4v) is 2.45. The van der Waals surface area contributed by atoms with Crippen molar-refractivity contribution in [2.75, 3.05) is 0 Å². The highest BCUT2D eigenvalue weighted by Gasteiger charge is 2.13. The summed E-state index contributed by atoms with van der Waals surface area (Å²) in [7, 11) is 0. The topological polar surface area (TPSA) is 56.0 Å². The molecule has 4 nitrogen and oxygen atoms in total. The SMILES string of the molecule is O=[N+]([O-])c1cc(Cl)c2nc(Cl)sc2c1. The minimum Gasteiger partial charge on any atom is -0.258 e. The molecule has 0 radical (unpaired) electrons. The number of halogens is 2. The number of non-ortho nitro benzene ring substituents is 1. The molecule has 0 N–H and O–H groups in total. The van der Waals surface area contributed by atoms with E-state index in [9.17, 15) is 10.1 Å². The quantitative estimate of drug-likeness (QED) is 0.573. The van der Waals surface area contributed by atoms with Crippen LogP contribution in [0.4, 0.5) is 5.69 Å². The van der Waals surface area contributed by atoms with Crippen LogP contribution in [0.15, 0.2) is 12.1 Å². The van der Waals surface area contributed by atoms with Gasteiger partial charge in [-0.2, -0.15) is 0 Å². The Balaban J connectivity index is 2.77. The summed E-state index contributed by atoms with van der Waals surface area (Å²) < 4.78 is 0.941. The predicted octanol–water partition coefficient (Wildman–Crippen LogP) is 3.51. The van der Waals surface area contributed by atoms with Gasteiger partial charge in [0, 0.05) is 12.1 Å². The molecule has 0 aliphatic carbocycles. The van der Waals surface area contributed by atoms with E-state index in [1.165, 1.54) is 12.1 Å². The van der Waals surface area contributed by atoms with Crippen molar-refractivity contribution in [3.05, 3.63) is 31.7 Å². The number of hydrogen-bond acceptors (Lipinski definition) is 4. The number of rotatable bonds is 1. The van der Waals surface area contributed by atoms with Crippen LogP contribution in [-0.4, -0.2) is 9.91 Å². The smallest absolute Gasteiger partial charge is 0.258 e. The molecule has 1 aromatic heterocycles. The number of nitro groups is 1. The van der Waals surface area contributed by atoms with Gasteiger partial charge in [0.05, 0.1) is 14.6 Å². The van der Waals surface area contributed by atoms with E-state index in [1.54, 1.807) is 0 Å². The third-order valence-electron chi connectivity index (χ3n) is 1.62. The molecule has 0 saturated carbocycles. The van der Waals surface area contributed by atoms with Crippen molar-refractivity contribution in [1.29, 1.82) is 0 Å². The molecule has 0 aliphatic rings. The zero-order valence-electron chi connectivity index (χ0n) is 6.53. The summed E-state index contributed by atoms with van der Waals surface area (Å²) in [5.41, 5.74) is 0.454. The van der Waals surface area contributed by atoms with E-state index in [-0.39, 0.29) is 10.7 Å². The minimum atomic E-state index is -0.501. The van der Waals surface area contributed by atoms with Gasteiger partial charge in [0.25, 0.3) is 5.69 Å². The van der Waals surface area contributed by atoms with E-state index in [0.29, 0.717) is 14.7 Å². The lowest BCUT2D eigenvalue weighted by atomic mass is 10.3. The Hall–Kier alpha value is -0.910. The van der Waals surface area contributed by atoms with Crippen molar-refractivity contribution in [2.24, 2.45) is 0 Å². The van der Waals surface area contributed by atoms with Crippen LogP contribution in [0.1, 0.15) is 0 Å². The number of fused-ring (bicyclic) bond motifs is 1. The molecule has 0 saturated heterocycles. The molecule has 14 heavy (non-hydrogen) atoms. The first-order valence-corrected chi connectivity index (χ1v) is 5.05. The van der Waals surface area contributed by atoms with Gasteiger partial charge in [-0.15, -0.1) is 11.3 Å². The highest BCUT2D eigenvalue weighted by Crippen LogP contribution is 2.34. The van der Waals surface area contributed by atoms with Gasteiger partial charge in [0.2, 0.25) is 0 Å². The minimum absolute atomic E-state index is 0.0529. The molecule has 0 fully saturated rings. The van der Waals surface area contributed by atoms with E-state index in [2.05, 4.69) is 4.98 Å². The highest BCUT2D eigenvalue weighted by molar-refractivity contribution is 7.22. The molecular weight excluding hydrogens is 247 g/mol. The fourth-order valence-electron chi connectivity index (χ4n) is 1.05. The summed E-state index contributed by atoms with van der Waals surface area (Å²) in [5, 5.41) is 10.7. The van der Waals surface area contributed by atoms with Crippen molar-refractivity contribution < 1.29 is 4.92 Å². The molecule has 0 aliphatic heterocycles. The summed E-state index contributed by atoms with van der Waals surface area (Å²) in [5.74, 6) is 0. The summed E-state index contributed by atoms with van der Waals surface area (Å²) >= 11 is 12.6. The molecule has 0 unspecified atom stereocenters. The number of benzene rings is 1. The first-order chi connectivity index (χ1) is 6.58. The molecule has 0 amide bonds. The van der Waals surface area contributed by atoms with E-state index in [4.69, 9.17) is 23.2 Å². The molecule has 1 aromatic carbocycles. The fraction of sp³-hybridized carbons (Fsp3) is 0. The van der Waals surface area contributed by atoms with Crippen LogP contribution in [0.3, 0.4) is 0 Å². The average Bonchev–Trinajstić information content (AvgIpc) is 2.45. The number of aromatic nitrogens is 1. The Bertz CT molecular complexity index is 526. The molecule has 7 heteroatoms. The van der Waals surface area contributed by atoms with Gasteiger partial charge < -0.3 is 0 Å². The highest BCUT2D eigenvalue weighted by atomic mass is 35.5. The van der Waals surface area contributed by atoms with Crippen molar-refractivity contribution in [3.63, 3.8) is 0 Å². The zero-order valence-corrected chi connectivity index (χ0v) is 8.86. The molecule has 0 bridgehead atoms. The summed E-state index contributed by atoms with van der Waals surface area (Å²) in [6.07, 6.45) is 0. The van der Waals surface area contributed by atoms with Gasteiger partial charge in [-0.1, -0.05) is 23.2 Å². The molecule has 0 atom stereocenters. The Morgan fingerprint density at radius 3 is 2.79 bits per heavy atom. The van der Waals surface area contributed by atoms with Crippen LogP contribution in [0.25, 0.3) is 10.2 Å². The predicted molar refractivity (Wildman–Crippen MR) is 56.3 cm³/mol. The third kappa shape index (κ3) is 1.54. The first kappa shape index (κ1) is 9.64. The first-order valence-electron chi connectivity index (χ1n) is 3.48. The maximum Gasteiger partial charge on any atom is 0.272 e. The van der Waals surface area contributed by atoms with Gasteiger partial charge in [-0.3, -0.25) is 10.1 Å². The van der Waals surface area contributed by atoms with Crippen molar-refractivity contribution in [1.82, 2.24) is 4.98 Å². The number of nitrogens with zero attached hydrogens (tertiary/aromatic N) is 2. The lowest BCUT2D eigenvalue weighted by molar-refractivity contribution is -0.384. The van der Waals surface area contributed by atoms with Crippen LogP contribution >= 0.6 is 34.5 Å². The Labute approximate surface area is 92.2 Å². The number of nitro benzene ring substituents is 1. The molecule has 1 heterocycles. The molecule has 0 spiro atoms. The standard InChI is InChI=1S/C7H2Cl2N2O2S/c8-4-1-3(11(12)13)2-5-6(4)10-7(9)14-5/h1-2H. The summed E-state index contributed by atoms with van der Waals surface area (Å²) in [4.78, 5) is 13.9. The Morgan fingerprint density at radius 2 is 2.14 bits per heavy atom. The van der Waals surface area contributed by atoms with Crippen molar-refractivity contribution in [2.45, 2.75) is 0 Å². The summed E-state index contributed by atoms with van der Waals surface area (Å²) in [6, 6.07) is 2.67. The second-order valence-electron chi connectivity index (χ2n) is 2.50. The van der Waals surface area contributed by atoms with Crippen LogP contribution in [0.2, 0.25) is 9.49 Å². The van der Waals surface area contributed by atoms with E-state index >= 15 is 0 Å². The van der Waals surface area contributed by atoms with Gasteiger partial charge in [-0.05, 0) is 0 Å². The number of thiazole rings is 1. The maximum absolute atomic E-state index is 10.5. The van der Waals surface area contributed by atoms with Gasteiger partial charge in [0.15, 0.2) is 4.47 Å². The molecule has 72 valence electrons. The van der Waals surface area contributed by atoms with E-state index in [1.807, 2.05) is 0 Å². The molecule has 2 aromatic rings. The normalized spacial score (nSPS) is 10.7. The molecular formula is C7H2Cl2N2O2S. The number of hydrogen-bond donors (Lipinski definition) is 0. The van der Waals surface area contributed by atoms with E-state index in [0.717, 1.165) is 11.3 Å². The largest absolute Gasteiger partial charge is 0.272 e. The third-order valence-corrected chi connectivity index (χ3v) is 3.01. The van der Waals surface area contributed by atoms with Crippen molar-refractivity contribution in [3.8, 4) is 0 Å². The second-order valence-corrected chi connectivity index (χ2v) is 4.52. The van der Waals surface area contributed by atoms with Crippen LogP contribution in [0, 0.1) is 10.1 Å². The monoisotopic (exact) mass is 248 g/mol. The van der Waals surface area contributed by atoms with Crippen molar-refractivity contribution >= 4 is 50.4 Å². The lowest BCUT2D eigenvalue weighted by Gasteiger charge is -1.93. The van der Waals surface area contributed by atoms with Crippen LogP contribution < -0.4 is 0 Å². The van der Waals surface area contributed by atoms with Gasteiger partial charge in [0.1, 0.15) is 5.52 Å². The Morgan fingerprint density at radius 1 is 1.43 bits per heavy atom. The van der Waals surface area contributed by atoms with Crippen LogP contribution in [-0.2, 0) is 0 Å². The average molecular weight is 249 g/mol. The summed E-state index contributed by atoms with van der Waals surface area (Å²) in [6.45, 7) is 0. The maximum atomic E-state index is 10.5. The van der Waals surface area contributed by atoms with Gasteiger partial charge in [-0.25, -0.2) is 4.98 Å². The second kappa shape index (κ2) is 3.34. The molecule has 2 rings (SSSR count).